The van der Waals surface area contributed by atoms with E-state index >= 15 is 0 Å². The molecule has 1 aromatic rings. The van der Waals surface area contributed by atoms with Gasteiger partial charge in [0.25, 0.3) is 0 Å². The highest BCUT2D eigenvalue weighted by Gasteiger charge is 2.39. The summed E-state index contributed by atoms with van der Waals surface area (Å²) in [7, 11) is 0. The number of nitrogens with one attached hydrogen (secondary N) is 1. The molecule has 1 saturated carbocycles. The fourth-order valence-corrected chi connectivity index (χ4v) is 2.61. The predicted octanol–water partition coefficient (Wildman–Crippen LogP) is 3.04. The number of hydrogen-bond acceptors (Lipinski definition) is 3. The van der Waals surface area contributed by atoms with Gasteiger partial charge in [-0.15, -0.1) is 13.2 Å². The Morgan fingerprint density at radius 2 is 2.00 bits per heavy atom. The lowest BCUT2D eigenvalue weighted by molar-refractivity contribution is -0.274. The van der Waals surface area contributed by atoms with Gasteiger partial charge in [-0.3, -0.25) is 4.79 Å². The van der Waals surface area contributed by atoms with Gasteiger partial charge in [0, 0.05) is 18.3 Å². The van der Waals surface area contributed by atoms with E-state index in [9.17, 15) is 18.0 Å². The summed E-state index contributed by atoms with van der Waals surface area (Å²) in [6.45, 7) is 0.234. The molecule has 0 spiro atoms. The average Bonchev–Trinajstić information content (AvgIpc) is 2.87. The van der Waals surface area contributed by atoms with Crippen LogP contribution < -0.4 is 15.8 Å². The SMILES string of the molecule is NCC1(C(=O)Nc2cccc(OC(F)(F)F)c2)CCCC1. The normalized spacial score (nSPS) is 17.5. The van der Waals surface area contributed by atoms with Crippen molar-refractivity contribution in [2.24, 2.45) is 11.1 Å². The van der Waals surface area contributed by atoms with Gasteiger partial charge in [0.2, 0.25) is 5.91 Å². The van der Waals surface area contributed by atoms with Crippen molar-refractivity contribution < 1.29 is 22.7 Å². The van der Waals surface area contributed by atoms with Crippen molar-refractivity contribution >= 4 is 11.6 Å². The number of carbonyl (C=O) groups excluding carboxylic acids is 1. The second-order valence-electron chi connectivity index (χ2n) is 5.22. The number of benzene rings is 1. The summed E-state index contributed by atoms with van der Waals surface area (Å²) in [6, 6.07) is 5.22. The van der Waals surface area contributed by atoms with Crippen LogP contribution in [-0.2, 0) is 4.79 Å². The Bertz CT molecular complexity index is 511. The van der Waals surface area contributed by atoms with Gasteiger partial charge in [-0.2, -0.15) is 0 Å². The molecule has 116 valence electrons. The summed E-state index contributed by atoms with van der Waals surface area (Å²) in [5.41, 5.74) is 5.36. The van der Waals surface area contributed by atoms with Crippen LogP contribution in [-0.4, -0.2) is 18.8 Å². The molecule has 0 aliphatic heterocycles. The minimum absolute atomic E-state index is 0.234. The highest BCUT2D eigenvalue weighted by Crippen LogP contribution is 2.38. The van der Waals surface area contributed by atoms with E-state index < -0.39 is 11.8 Å². The van der Waals surface area contributed by atoms with E-state index in [1.807, 2.05) is 0 Å². The number of nitrogens with two attached hydrogens (primary N) is 1. The summed E-state index contributed by atoms with van der Waals surface area (Å²) < 4.78 is 40.3. The van der Waals surface area contributed by atoms with Crippen LogP contribution in [0.15, 0.2) is 24.3 Å². The molecule has 3 N–H and O–H groups in total. The number of carbonyl (C=O) groups is 1. The van der Waals surface area contributed by atoms with Crippen molar-refractivity contribution in [1.29, 1.82) is 0 Å². The molecule has 0 atom stereocenters. The number of alkyl halides is 3. The molecule has 7 heteroatoms. The molecule has 4 nitrogen and oxygen atoms in total. The summed E-state index contributed by atoms with van der Waals surface area (Å²) in [4.78, 5) is 12.3. The number of ether oxygens (including phenoxy) is 1. The summed E-state index contributed by atoms with van der Waals surface area (Å²) in [6.07, 6.45) is -1.49. The summed E-state index contributed by atoms with van der Waals surface area (Å²) >= 11 is 0. The topological polar surface area (TPSA) is 64.4 Å². The van der Waals surface area contributed by atoms with Gasteiger partial charge < -0.3 is 15.8 Å². The second-order valence-corrected chi connectivity index (χ2v) is 5.22. The second kappa shape index (κ2) is 5.93. The Labute approximate surface area is 120 Å². The van der Waals surface area contributed by atoms with Gasteiger partial charge in [-0.25, -0.2) is 0 Å². The summed E-state index contributed by atoms with van der Waals surface area (Å²) in [5, 5.41) is 2.64. The Balaban J connectivity index is 2.09. The smallest absolute Gasteiger partial charge is 0.406 e. The van der Waals surface area contributed by atoms with E-state index in [-0.39, 0.29) is 23.9 Å². The van der Waals surface area contributed by atoms with Crippen molar-refractivity contribution in [2.75, 3.05) is 11.9 Å². The zero-order valence-electron chi connectivity index (χ0n) is 11.4. The highest BCUT2D eigenvalue weighted by atomic mass is 19.4. The van der Waals surface area contributed by atoms with Crippen LogP contribution in [0, 0.1) is 5.41 Å². The van der Waals surface area contributed by atoms with Crippen LogP contribution in [0.1, 0.15) is 25.7 Å². The molecule has 0 radical (unpaired) electrons. The molecule has 1 aliphatic rings. The van der Waals surface area contributed by atoms with Gasteiger partial charge in [-0.05, 0) is 25.0 Å². The maximum atomic E-state index is 12.3. The molecule has 1 fully saturated rings. The first kappa shape index (κ1) is 15.6. The minimum Gasteiger partial charge on any atom is -0.406 e. The molecule has 2 rings (SSSR count). The molecule has 1 aromatic carbocycles. The van der Waals surface area contributed by atoms with Crippen LogP contribution >= 0.6 is 0 Å². The number of amides is 1. The molecule has 1 amide bonds. The lowest BCUT2D eigenvalue weighted by Gasteiger charge is -2.25. The van der Waals surface area contributed by atoms with Gasteiger partial charge >= 0.3 is 6.36 Å². The van der Waals surface area contributed by atoms with E-state index in [0.29, 0.717) is 12.8 Å². The fraction of sp³-hybridized carbons (Fsp3) is 0.500. The third kappa shape index (κ3) is 3.87. The molecule has 0 aromatic heterocycles. The lowest BCUT2D eigenvalue weighted by atomic mass is 9.85. The van der Waals surface area contributed by atoms with Crippen LogP contribution in [0.4, 0.5) is 18.9 Å². The summed E-state index contributed by atoms with van der Waals surface area (Å²) in [5.74, 6) is -0.611. The molecular formula is C14H17F3N2O2. The van der Waals surface area contributed by atoms with Crippen LogP contribution in [0.2, 0.25) is 0 Å². The Morgan fingerprint density at radius 1 is 1.33 bits per heavy atom. The highest BCUT2D eigenvalue weighted by molar-refractivity contribution is 5.95. The van der Waals surface area contributed by atoms with Gasteiger partial charge in [0.15, 0.2) is 0 Å². The predicted molar refractivity (Wildman–Crippen MR) is 71.7 cm³/mol. The Morgan fingerprint density at radius 3 is 2.57 bits per heavy atom. The molecular weight excluding hydrogens is 285 g/mol. The lowest BCUT2D eigenvalue weighted by Crippen LogP contribution is -2.40. The number of rotatable bonds is 4. The Hall–Kier alpha value is -1.76. The molecule has 0 heterocycles. The van der Waals surface area contributed by atoms with Crippen molar-refractivity contribution in [3.8, 4) is 5.75 Å². The van der Waals surface area contributed by atoms with E-state index in [1.54, 1.807) is 0 Å². The molecule has 0 bridgehead atoms. The zero-order chi connectivity index (χ0) is 15.5. The number of halogens is 3. The standard InChI is InChI=1S/C14H17F3N2O2/c15-14(16,17)21-11-5-3-4-10(8-11)19-12(20)13(9-18)6-1-2-7-13/h3-5,8H,1-2,6-7,9,18H2,(H,19,20). The molecule has 1 aliphatic carbocycles. The van der Waals surface area contributed by atoms with Crippen molar-refractivity contribution in [3.63, 3.8) is 0 Å². The van der Waals surface area contributed by atoms with Crippen molar-refractivity contribution in [3.05, 3.63) is 24.3 Å². The first-order valence-corrected chi connectivity index (χ1v) is 6.72. The van der Waals surface area contributed by atoms with E-state index in [1.165, 1.54) is 18.2 Å². The third-order valence-corrected chi connectivity index (χ3v) is 3.76. The largest absolute Gasteiger partial charge is 0.573 e. The van der Waals surface area contributed by atoms with E-state index in [2.05, 4.69) is 10.1 Å². The fourth-order valence-electron chi connectivity index (χ4n) is 2.61. The van der Waals surface area contributed by atoms with Crippen LogP contribution in [0.25, 0.3) is 0 Å². The van der Waals surface area contributed by atoms with Crippen LogP contribution in [0.5, 0.6) is 5.75 Å². The van der Waals surface area contributed by atoms with Crippen molar-refractivity contribution in [2.45, 2.75) is 32.0 Å². The third-order valence-electron chi connectivity index (χ3n) is 3.76. The zero-order valence-corrected chi connectivity index (χ0v) is 11.4. The monoisotopic (exact) mass is 302 g/mol. The number of hydrogen-bond donors (Lipinski definition) is 2. The quantitative estimate of drug-likeness (QED) is 0.898. The number of anilines is 1. The molecule has 0 saturated heterocycles. The van der Waals surface area contributed by atoms with Gasteiger partial charge in [0.1, 0.15) is 5.75 Å². The minimum atomic E-state index is -4.76. The van der Waals surface area contributed by atoms with Crippen LogP contribution in [0.3, 0.4) is 0 Å². The van der Waals surface area contributed by atoms with Gasteiger partial charge in [0.05, 0.1) is 5.41 Å². The first-order chi connectivity index (χ1) is 9.85. The average molecular weight is 302 g/mol. The molecule has 21 heavy (non-hydrogen) atoms. The maximum absolute atomic E-state index is 12.3. The van der Waals surface area contributed by atoms with Gasteiger partial charge in [-0.1, -0.05) is 18.9 Å². The molecule has 0 unspecified atom stereocenters. The van der Waals surface area contributed by atoms with E-state index in [4.69, 9.17) is 5.73 Å². The Kier molecular flexibility index (Phi) is 4.41. The maximum Gasteiger partial charge on any atom is 0.573 e. The van der Waals surface area contributed by atoms with E-state index in [0.717, 1.165) is 18.9 Å². The first-order valence-electron chi connectivity index (χ1n) is 6.72. The van der Waals surface area contributed by atoms with Crippen molar-refractivity contribution in [1.82, 2.24) is 0 Å².